The highest BCUT2D eigenvalue weighted by molar-refractivity contribution is 6.04. The topological polar surface area (TPSA) is 51.1 Å². The highest BCUT2D eigenvalue weighted by Gasteiger charge is 2.13. The summed E-state index contributed by atoms with van der Waals surface area (Å²) in [6.45, 7) is 2.12. The van der Waals surface area contributed by atoms with Crippen LogP contribution in [0.3, 0.4) is 0 Å². The molecule has 1 N–H and O–H groups in total. The largest absolute Gasteiger partial charge is 0.322 e. The molecule has 0 spiro atoms. The van der Waals surface area contributed by atoms with E-state index >= 15 is 0 Å². The summed E-state index contributed by atoms with van der Waals surface area (Å²) in [4.78, 5) is 25.0. The van der Waals surface area contributed by atoms with Gasteiger partial charge in [-0.05, 0) is 54.4 Å². The Labute approximate surface area is 144 Å². The number of anilines is 1. The van der Waals surface area contributed by atoms with E-state index < -0.39 is 11.5 Å². The Hall–Kier alpha value is -3.21. The lowest BCUT2D eigenvalue weighted by atomic mass is 10.2. The van der Waals surface area contributed by atoms with Crippen molar-refractivity contribution in [3.8, 4) is 0 Å². The van der Waals surface area contributed by atoms with Gasteiger partial charge in [0.1, 0.15) is 11.4 Å². The Morgan fingerprint density at radius 3 is 2.64 bits per heavy atom. The molecule has 5 heteroatoms. The molecule has 0 bridgehead atoms. The number of benzene rings is 2. The van der Waals surface area contributed by atoms with Crippen LogP contribution in [-0.2, 0) is 6.54 Å². The van der Waals surface area contributed by atoms with Crippen molar-refractivity contribution < 1.29 is 9.18 Å². The summed E-state index contributed by atoms with van der Waals surface area (Å²) in [5.41, 5.74) is 1.91. The average molecular weight is 336 g/mol. The number of nitrogens with zero attached hydrogens (tertiary/aromatic N) is 1. The summed E-state index contributed by atoms with van der Waals surface area (Å²) < 4.78 is 14.7. The predicted octanol–water partition coefficient (Wildman–Crippen LogP) is 3.60. The Morgan fingerprint density at radius 1 is 1.08 bits per heavy atom. The number of pyridine rings is 1. The molecule has 3 rings (SSSR count). The fourth-order valence-corrected chi connectivity index (χ4v) is 2.59. The van der Waals surface area contributed by atoms with E-state index in [0.717, 1.165) is 5.56 Å². The maximum Gasteiger partial charge on any atom is 0.263 e. The number of halogens is 1. The number of carbonyl (C=O) groups is 1. The molecule has 1 heterocycles. The minimum Gasteiger partial charge on any atom is -0.322 e. The van der Waals surface area contributed by atoms with Crippen LogP contribution in [0.4, 0.5) is 10.1 Å². The molecule has 0 saturated carbocycles. The number of aromatic nitrogens is 1. The zero-order chi connectivity index (χ0) is 17.8. The van der Waals surface area contributed by atoms with Crippen LogP contribution < -0.4 is 10.9 Å². The molecule has 126 valence electrons. The maximum absolute atomic E-state index is 13.3. The molecule has 0 aliphatic heterocycles. The van der Waals surface area contributed by atoms with Crippen LogP contribution >= 0.6 is 0 Å². The number of hydrogen-bond acceptors (Lipinski definition) is 2. The molecule has 1 amide bonds. The molecular weight excluding hydrogens is 319 g/mol. The second-order valence-electron chi connectivity index (χ2n) is 5.81. The van der Waals surface area contributed by atoms with Gasteiger partial charge >= 0.3 is 0 Å². The number of amides is 1. The van der Waals surface area contributed by atoms with Gasteiger partial charge in [-0.1, -0.05) is 24.3 Å². The number of carbonyl (C=O) groups excluding carboxylic acids is 1. The van der Waals surface area contributed by atoms with Crippen LogP contribution in [0.5, 0.6) is 0 Å². The molecule has 1 aromatic heterocycles. The molecule has 3 aromatic rings. The lowest BCUT2D eigenvalue weighted by Crippen LogP contribution is -2.29. The summed E-state index contributed by atoms with van der Waals surface area (Å²) in [6.07, 6.45) is 1.58. The van der Waals surface area contributed by atoms with E-state index in [4.69, 9.17) is 0 Å². The summed E-state index contributed by atoms with van der Waals surface area (Å²) in [5.74, 6) is -0.830. The van der Waals surface area contributed by atoms with E-state index in [1.807, 2.05) is 25.1 Å². The van der Waals surface area contributed by atoms with Crippen LogP contribution in [0.1, 0.15) is 21.5 Å². The van der Waals surface area contributed by atoms with Crippen molar-refractivity contribution in [1.29, 1.82) is 0 Å². The van der Waals surface area contributed by atoms with Crippen molar-refractivity contribution in [1.82, 2.24) is 4.57 Å². The predicted molar refractivity (Wildman–Crippen MR) is 95.3 cm³/mol. The van der Waals surface area contributed by atoms with Crippen molar-refractivity contribution in [2.24, 2.45) is 0 Å². The third-order valence-corrected chi connectivity index (χ3v) is 3.78. The molecule has 25 heavy (non-hydrogen) atoms. The van der Waals surface area contributed by atoms with Crippen LogP contribution in [0.25, 0.3) is 0 Å². The molecule has 0 unspecified atom stereocenters. The van der Waals surface area contributed by atoms with Crippen molar-refractivity contribution >= 4 is 11.6 Å². The summed E-state index contributed by atoms with van der Waals surface area (Å²) in [6, 6.07) is 16.5. The third-order valence-electron chi connectivity index (χ3n) is 3.78. The average Bonchev–Trinajstić information content (AvgIpc) is 2.57. The molecular formula is C20H17FN2O2. The first-order valence-electron chi connectivity index (χ1n) is 7.85. The summed E-state index contributed by atoms with van der Waals surface area (Å²) in [7, 11) is 0. The summed E-state index contributed by atoms with van der Waals surface area (Å²) >= 11 is 0. The number of rotatable bonds is 4. The Bertz CT molecular complexity index is 979. The van der Waals surface area contributed by atoms with E-state index in [2.05, 4.69) is 5.32 Å². The molecule has 0 saturated heterocycles. The van der Waals surface area contributed by atoms with Gasteiger partial charge in [-0.2, -0.15) is 0 Å². The van der Waals surface area contributed by atoms with Crippen LogP contribution in [0.2, 0.25) is 0 Å². The zero-order valence-corrected chi connectivity index (χ0v) is 13.7. The van der Waals surface area contributed by atoms with Gasteiger partial charge in [0.05, 0.1) is 6.54 Å². The van der Waals surface area contributed by atoms with E-state index in [9.17, 15) is 14.0 Å². The van der Waals surface area contributed by atoms with E-state index in [1.165, 1.54) is 22.8 Å². The molecule has 0 atom stereocenters. The van der Waals surface area contributed by atoms with Gasteiger partial charge in [-0.15, -0.1) is 0 Å². The molecule has 0 aliphatic carbocycles. The number of nitrogens with one attached hydrogen (secondary N) is 1. The zero-order valence-electron chi connectivity index (χ0n) is 13.7. The van der Waals surface area contributed by atoms with Crippen LogP contribution in [-0.4, -0.2) is 10.5 Å². The smallest absolute Gasteiger partial charge is 0.263 e. The van der Waals surface area contributed by atoms with Crippen LogP contribution in [0, 0.1) is 12.7 Å². The fraction of sp³-hybridized carbons (Fsp3) is 0.100. The second kappa shape index (κ2) is 7.13. The van der Waals surface area contributed by atoms with Crippen molar-refractivity contribution in [3.63, 3.8) is 0 Å². The minimum atomic E-state index is -0.468. The van der Waals surface area contributed by atoms with Gasteiger partial charge in [0, 0.05) is 11.9 Å². The molecule has 4 nitrogen and oxygen atoms in total. The fourth-order valence-electron chi connectivity index (χ4n) is 2.59. The van der Waals surface area contributed by atoms with Gasteiger partial charge in [0.15, 0.2) is 0 Å². The SMILES string of the molecule is Cc1cccc(NC(=O)c2cccn(Cc3cccc(F)c3)c2=O)c1. The highest BCUT2D eigenvalue weighted by atomic mass is 19.1. The lowest BCUT2D eigenvalue weighted by molar-refractivity contribution is 0.102. The molecule has 0 aliphatic rings. The van der Waals surface area contributed by atoms with E-state index in [1.54, 1.807) is 30.5 Å². The maximum atomic E-state index is 13.3. The Kier molecular flexibility index (Phi) is 4.75. The first-order chi connectivity index (χ1) is 12.0. The lowest BCUT2D eigenvalue weighted by Gasteiger charge is -2.09. The van der Waals surface area contributed by atoms with Crippen molar-refractivity contribution in [3.05, 3.63) is 99.7 Å². The van der Waals surface area contributed by atoms with Crippen molar-refractivity contribution in [2.75, 3.05) is 5.32 Å². The van der Waals surface area contributed by atoms with Crippen molar-refractivity contribution in [2.45, 2.75) is 13.5 Å². The monoisotopic (exact) mass is 336 g/mol. The second-order valence-corrected chi connectivity index (χ2v) is 5.81. The molecule has 0 fully saturated rings. The summed E-state index contributed by atoms with van der Waals surface area (Å²) in [5, 5.41) is 2.73. The first kappa shape index (κ1) is 16.6. The van der Waals surface area contributed by atoms with Gasteiger partial charge in [-0.3, -0.25) is 9.59 Å². The van der Waals surface area contributed by atoms with E-state index in [-0.39, 0.29) is 17.9 Å². The Balaban J connectivity index is 1.85. The highest BCUT2D eigenvalue weighted by Crippen LogP contribution is 2.11. The van der Waals surface area contributed by atoms with Gasteiger partial charge in [-0.25, -0.2) is 4.39 Å². The van der Waals surface area contributed by atoms with Gasteiger partial charge in [0.2, 0.25) is 0 Å². The molecule has 2 aromatic carbocycles. The van der Waals surface area contributed by atoms with E-state index in [0.29, 0.717) is 11.3 Å². The van der Waals surface area contributed by atoms with Crippen LogP contribution in [0.15, 0.2) is 71.7 Å². The minimum absolute atomic E-state index is 0.0420. The quantitative estimate of drug-likeness (QED) is 0.791. The standard InChI is InChI=1S/C20H17FN2O2/c1-14-5-2-8-17(11-14)22-19(24)18-9-4-10-23(20(18)25)13-15-6-3-7-16(21)12-15/h2-12H,13H2,1H3,(H,22,24). The third kappa shape index (κ3) is 4.01. The van der Waals surface area contributed by atoms with Gasteiger partial charge in [0.25, 0.3) is 11.5 Å². The number of hydrogen-bond donors (Lipinski definition) is 1. The normalized spacial score (nSPS) is 10.5. The number of aryl methyl sites for hydroxylation is 1. The Morgan fingerprint density at radius 2 is 1.88 bits per heavy atom. The molecule has 0 radical (unpaired) electrons. The van der Waals surface area contributed by atoms with Gasteiger partial charge < -0.3 is 9.88 Å². The first-order valence-corrected chi connectivity index (χ1v) is 7.85.